The van der Waals surface area contributed by atoms with Crippen LogP contribution in [0.25, 0.3) is 11.5 Å². The summed E-state index contributed by atoms with van der Waals surface area (Å²) in [6.07, 6.45) is 1.15. The average molecular weight is 223 g/mol. The molecule has 2 rings (SSSR count). The van der Waals surface area contributed by atoms with E-state index in [9.17, 15) is 4.79 Å². The van der Waals surface area contributed by atoms with Gasteiger partial charge in [0.25, 0.3) is 0 Å². The first kappa shape index (κ1) is 10.3. The second-order valence-electron chi connectivity index (χ2n) is 2.95. The Morgan fingerprint density at radius 3 is 2.94 bits per heavy atom. The second-order valence-corrected chi connectivity index (χ2v) is 2.95. The summed E-state index contributed by atoms with van der Waals surface area (Å²) in [5.74, 6) is -0.356. The first-order valence-electron chi connectivity index (χ1n) is 4.64. The van der Waals surface area contributed by atoms with Gasteiger partial charge in [0.2, 0.25) is 0 Å². The number of rotatable bonds is 3. The monoisotopic (exact) mass is 223 g/mol. The van der Waals surface area contributed by atoms with Crippen molar-refractivity contribution in [1.29, 1.82) is 0 Å². The molecule has 0 unspecified atom stereocenters. The quantitative estimate of drug-likeness (QED) is 0.722. The Labute approximate surface area is 90.4 Å². The molecule has 0 amide bonds. The number of ether oxygens (including phenoxy) is 1. The Morgan fingerprint density at radius 2 is 2.31 bits per heavy atom. The van der Waals surface area contributed by atoms with Gasteiger partial charge in [-0.2, -0.15) is 0 Å². The van der Waals surface area contributed by atoms with Crippen molar-refractivity contribution in [3.8, 4) is 11.5 Å². The van der Waals surface area contributed by atoms with E-state index in [4.69, 9.17) is 9.15 Å². The number of aromatic nitrogens is 3. The predicted octanol–water partition coefficient (Wildman–Crippen LogP) is 1.21. The first-order chi connectivity index (χ1) is 7.74. The molecule has 0 spiro atoms. The molecule has 0 fully saturated rings. The number of esters is 1. The summed E-state index contributed by atoms with van der Waals surface area (Å²) < 4.78 is 14.4. The van der Waals surface area contributed by atoms with Crippen LogP contribution in [-0.2, 0) is 4.74 Å². The van der Waals surface area contributed by atoms with Gasteiger partial charge in [-0.25, -0.2) is 14.4 Å². The third-order valence-corrected chi connectivity index (χ3v) is 1.90. The fourth-order valence-electron chi connectivity index (χ4n) is 1.20. The Kier molecular flexibility index (Phi) is 2.67. The summed E-state index contributed by atoms with van der Waals surface area (Å²) in [7, 11) is 0. The number of oxazole rings is 1. The molecule has 0 aliphatic heterocycles. The van der Waals surface area contributed by atoms with Crippen molar-refractivity contribution in [3.05, 3.63) is 17.8 Å². The Balaban J connectivity index is 2.40. The summed E-state index contributed by atoms with van der Waals surface area (Å²) >= 11 is 0. The maximum absolute atomic E-state index is 11.5. The van der Waals surface area contributed by atoms with Gasteiger partial charge < -0.3 is 9.15 Å². The summed E-state index contributed by atoms with van der Waals surface area (Å²) in [6.45, 7) is 3.66. The molecule has 2 aromatic heterocycles. The van der Waals surface area contributed by atoms with Crippen LogP contribution in [0.1, 0.15) is 23.1 Å². The van der Waals surface area contributed by atoms with Crippen LogP contribution in [0.15, 0.2) is 15.4 Å². The Hall–Kier alpha value is -2.18. The minimum atomic E-state index is -0.561. The Morgan fingerprint density at radius 1 is 1.50 bits per heavy atom. The molecule has 0 N–H and O–H groups in total. The second kappa shape index (κ2) is 4.13. The standard InChI is InChI=1S/C9H9N3O4/c1-3-14-9(13)7-8(15-4-10-7)6-5(2)11-16-12-6/h4H,3H2,1-2H3. The van der Waals surface area contributed by atoms with Crippen LogP contribution in [0.5, 0.6) is 0 Å². The van der Waals surface area contributed by atoms with E-state index >= 15 is 0 Å². The maximum atomic E-state index is 11.5. The third-order valence-electron chi connectivity index (χ3n) is 1.90. The molecule has 7 heteroatoms. The predicted molar refractivity (Wildman–Crippen MR) is 50.5 cm³/mol. The third kappa shape index (κ3) is 1.67. The van der Waals surface area contributed by atoms with Gasteiger partial charge in [-0.15, -0.1) is 0 Å². The number of aryl methyl sites for hydroxylation is 1. The van der Waals surface area contributed by atoms with Crippen molar-refractivity contribution < 1.29 is 18.6 Å². The minimum absolute atomic E-state index is 0.0700. The van der Waals surface area contributed by atoms with Gasteiger partial charge >= 0.3 is 5.97 Å². The smallest absolute Gasteiger partial charge is 0.361 e. The van der Waals surface area contributed by atoms with Crippen molar-refractivity contribution in [3.63, 3.8) is 0 Å². The van der Waals surface area contributed by atoms with Crippen LogP contribution < -0.4 is 0 Å². The van der Waals surface area contributed by atoms with E-state index in [0.29, 0.717) is 11.4 Å². The van der Waals surface area contributed by atoms with E-state index in [0.717, 1.165) is 6.39 Å². The van der Waals surface area contributed by atoms with Gasteiger partial charge in [0.1, 0.15) is 5.69 Å². The maximum Gasteiger partial charge on any atom is 0.361 e. The zero-order valence-corrected chi connectivity index (χ0v) is 8.76. The molecule has 16 heavy (non-hydrogen) atoms. The van der Waals surface area contributed by atoms with Crippen LogP contribution in [0.4, 0.5) is 0 Å². The van der Waals surface area contributed by atoms with Crippen LogP contribution in [0.2, 0.25) is 0 Å². The van der Waals surface area contributed by atoms with Gasteiger partial charge in [0, 0.05) is 0 Å². The lowest BCUT2D eigenvalue weighted by molar-refractivity contribution is 0.0520. The van der Waals surface area contributed by atoms with Gasteiger partial charge in [0.15, 0.2) is 23.5 Å². The van der Waals surface area contributed by atoms with Crippen LogP contribution in [0.3, 0.4) is 0 Å². The highest BCUT2D eigenvalue weighted by atomic mass is 16.6. The molecule has 0 bridgehead atoms. The fraction of sp³-hybridized carbons (Fsp3) is 0.333. The zero-order valence-electron chi connectivity index (χ0n) is 8.76. The molecule has 0 saturated heterocycles. The normalized spacial score (nSPS) is 10.4. The number of hydrogen-bond donors (Lipinski definition) is 0. The number of carbonyl (C=O) groups is 1. The van der Waals surface area contributed by atoms with Gasteiger partial charge in [0.05, 0.1) is 6.61 Å². The highest BCUT2D eigenvalue weighted by molar-refractivity contribution is 5.93. The fourth-order valence-corrected chi connectivity index (χ4v) is 1.20. The van der Waals surface area contributed by atoms with Crippen LogP contribution in [-0.4, -0.2) is 27.9 Å². The number of hydrogen-bond acceptors (Lipinski definition) is 7. The van der Waals surface area contributed by atoms with Crippen molar-refractivity contribution in [2.45, 2.75) is 13.8 Å². The van der Waals surface area contributed by atoms with E-state index < -0.39 is 5.97 Å². The van der Waals surface area contributed by atoms with E-state index in [-0.39, 0.29) is 18.1 Å². The zero-order chi connectivity index (χ0) is 11.5. The van der Waals surface area contributed by atoms with Crippen LogP contribution in [0, 0.1) is 6.92 Å². The number of carbonyl (C=O) groups excluding carboxylic acids is 1. The topological polar surface area (TPSA) is 91.2 Å². The molecule has 0 aliphatic carbocycles. The van der Waals surface area contributed by atoms with Crippen molar-refractivity contribution >= 4 is 5.97 Å². The van der Waals surface area contributed by atoms with Crippen molar-refractivity contribution in [2.75, 3.05) is 6.61 Å². The van der Waals surface area contributed by atoms with Crippen LogP contribution >= 0.6 is 0 Å². The molecule has 84 valence electrons. The summed E-state index contributed by atoms with van der Waals surface area (Å²) in [6, 6.07) is 0. The van der Waals surface area contributed by atoms with Crippen molar-refractivity contribution in [1.82, 2.24) is 15.3 Å². The summed E-state index contributed by atoms with van der Waals surface area (Å²) in [5, 5.41) is 7.23. The molecule has 0 aromatic carbocycles. The molecule has 0 atom stereocenters. The molecule has 0 aliphatic rings. The van der Waals surface area contributed by atoms with Crippen molar-refractivity contribution in [2.24, 2.45) is 0 Å². The summed E-state index contributed by atoms with van der Waals surface area (Å²) in [4.78, 5) is 15.3. The molecule has 2 aromatic rings. The first-order valence-corrected chi connectivity index (χ1v) is 4.64. The Bertz CT molecular complexity index is 502. The van der Waals surface area contributed by atoms with Gasteiger partial charge in [-0.1, -0.05) is 5.16 Å². The van der Waals surface area contributed by atoms with E-state index in [1.807, 2.05) is 0 Å². The minimum Gasteiger partial charge on any atom is -0.461 e. The molecule has 0 saturated carbocycles. The number of nitrogens with zero attached hydrogens (tertiary/aromatic N) is 3. The lowest BCUT2D eigenvalue weighted by Crippen LogP contribution is -2.06. The highest BCUT2D eigenvalue weighted by Crippen LogP contribution is 2.23. The highest BCUT2D eigenvalue weighted by Gasteiger charge is 2.23. The lowest BCUT2D eigenvalue weighted by atomic mass is 10.2. The molecule has 2 heterocycles. The molecule has 0 radical (unpaired) electrons. The van der Waals surface area contributed by atoms with E-state index in [2.05, 4.69) is 19.9 Å². The molecular weight excluding hydrogens is 214 g/mol. The molecular formula is C9H9N3O4. The van der Waals surface area contributed by atoms with Gasteiger partial charge in [-0.3, -0.25) is 0 Å². The molecule has 7 nitrogen and oxygen atoms in total. The largest absolute Gasteiger partial charge is 0.461 e. The lowest BCUT2D eigenvalue weighted by Gasteiger charge is -1.98. The SMILES string of the molecule is CCOC(=O)c1ncoc1-c1nonc1C. The van der Waals surface area contributed by atoms with E-state index in [1.54, 1.807) is 13.8 Å². The van der Waals surface area contributed by atoms with E-state index in [1.165, 1.54) is 0 Å². The van der Waals surface area contributed by atoms with Gasteiger partial charge in [-0.05, 0) is 19.0 Å². The summed E-state index contributed by atoms with van der Waals surface area (Å²) in [5.41, 5.74) is 0.934. The average Bonchev–Trinajstić information content (AvgIpc) is 2.85.